The number of amides is 1. The van der Waals surface area contributed by atoms with Crippen LogP contribution in [0.25, 0.3) is 0 Å². The van der Waals surface area contributed by atoms with Gasteiger partial charge in [-0.1, -0.05) is 30.3 Å². The predicted molar refractivity (Wildman–Crippen MR) is 110 cm³/mol. The molecule has 6 nitrogen and oxygen atoms in total. The number of carbonyl (C=O) groups is 1. The third-order valence-electron chi connectivity index (χ3n) is 5.63. The van der Waals surface area contributed by atoms with Gasteiger partial charge in [0.15, 0.2) is 0 Å². The van der Waals surface area contributed by atoms with Gasteiger partial charge in [-0.05, 0) is 43.8 Å². The van der Waals surface area contributed by atoms with Crippen LogP contribution >= 0.6 is 11.8 Å². The molecule has 1 spiro atoms. The SMILES string of the molecule is CCS(=O)(=O)N1CCC2(CC1)NC(CCSC)C(=O)N2Cc1ccccc1. The second kappa shape index (κ2) is 8.51. The molecule has 150 valence electrons. The highest BCUT2D eigenvalue weighted by molar-refractivity contribution is 7.98. The molecule has 0 bridgehead atoms. The van der Waals surface area contributed by atoms with E-state index in [1.165, 1.54) is 0 Å². The Labute approximate surface area is 166 Å². The van der Waals surface area contributed by atoms with Gasteiger partial charge in [0, 0.05) is 19.6 Å². The summed E-state index contributed by atoms with van der Waals surface area (Å²) in [5.74, 6) is 1.19. The zero-order valence-corrected chi connectivity index (χ0v) is 17.7. The number of piperidine rings is 1. The average Bonchev–Trinajstić information content (AvgIpc) is 2.93. The monoisotopic (exact) mass is 411 g/mol. The predicted octanol–water partition coefficient (Wildman–Crippen LogP) is 1.88. The lowest BCUT2D eigenvalue weighted by atomic mass is 9.96. The lowest BCUT2D eigenvalue weighted by Crippen LogP contribution is -2.59. The second-order valence-corrected chi connectivity index (χ2v) is 10.5. The van der Waals surface area contributed by atoms with Gasteiger partial charge in [0.05, 0.1) is 17.5 Å². The molecule has 1 amide bonds. The van der Waals surface area contributed by atoms with E-state index in [4.69, 9.17) is 0 Å². The molecule has 0 aromatic heterocycles. The van der Waals surface area contributed by atoms with Crippen LogP contribution < -0.4 is 5.32 Å². The molecule has 1 aromatic rings. The van der Waals surface area contributed by atoms with Crippen LogP contribution in [-0.2, 0) is 21.4 Å². The third-order valence-corrected chi connectivity index (χ3v) is 8.15. The van der Waals surface area contributed by atoms with Crippen LogP contribution in [0.5, 0.6) is 0 Å². The van der Waals surface area contributed by atoms with Crippen molar-refractivity contribution in [3.63, 3.8) is 0 Å². The minimum absolute atomic E-state index is 0.121. The number of nitrogens with zero attached hydrogens (tertiary/aromatic N) is 2. The summed E-state index contributed by atoms with van der Waals surface area (Å²) in [6.07, 6.45) is 4.09. The van der Waals surface area contributed by atoms with Gasteiger partial charge in [-0.2, -0.15) is 11.8 Å². The van der Waals surface area contributed by atoms with Gasteiger partial charge in [0.1, 0.15) is 0 Å². The third kappa shape index (κ3) is 4.34. The van der Waals surface area contributed by atoms with Gasteiger partial charge >= 0.3 is 0 Å². The van der Waals surface area contributed by atoms with Crippen molar-refractivity contribution >= 4 is 27.7 Å². The van der Waals surface area contributed by atoms with Crippen molar-refractivity contribution in [3.8, 4) is 0 Å². The fourth-order valence-corrected chi connectivity index (χ4v) is 5.60. The first-order chi connectivity index (χ1) is 12.9. The van der Waals surface area contributed by atoms with E-state index in [0.29, 0.717) is 32.5 Å². The molecular weight excluding hydrogens is 382 g/mol. The molecule has 1 aromatic carbocycles. The number of thioether (sulfide) groups is 1. The van der Waals surface area contributed by atoms with E-state index in [1.54, 1.807) is 23.0 Å². The first-order valence-corrected chi connectivity index (χ1v) is 12.5. The molecule has 27 heavy (non-hydrogen) atoms. The number of nitrogens with one attached hydrogen (secondary N) is 1. The standard InChI is InChI=1S/C19H29N3O3S2/c1-3-27(24,25)21-12-10-19(11-13-21)20-17(9-14-26-2)18(23)22(19)15-16-7-5-4-6-8-16/h4-8,17,20H,3,9-15H2,1-2H3. The molecule has 1 N–H and O–H groups in total. The van der Waals surface area contributed by atoms with Crippen LogP contribution in [0.4, 0.5) is 0 Å². The number of benzene rings is 1. The van der Waals surface area contributed by atoms with Crippen molar-refractivity contribution in [2.75, 3.05) is 30.9 Å². The van der Waals surface area contributed by atoms with Gasteiger partial charge in [-0.25, -0.2) is 12.7 Å². The number of sulfonamides is 1. The van der Waals surface area contributed by atoms with E-state index in [0.717, 1.165) is 17.7 Å². The highest BCUT2D eigenvalue weighted by atomic mass is 32.2. The highest BCUT2D eigenvalue weighted by Gasteiger charge is 2.51. The molecule has 2 saturated heterocycles. The molecule has 1 atom stereocenters. The lowest BCUT2D eigenvalue weighted by molar-refractivity contribution is -0.134. The Morgan fingerprint density at radius 2 is 1.89 bits per heavy atom. The largest absolute Gasteiger partial charge is 0.319 e. The van der Waals surface area contributed by atoms with Crippen LogP contribution in [-0.4, -0.2) is 66.1 Å². The number of hydrogen-bond acceptors (Lipinski definition) is 5. The summed E-state index contributed by atoms with van der Waals surface area (Å²) in [6, 6.07) is 9.82. The van der Waals surface area contributed by atoms with Crippen molar-refractivity contribution in [3.05, 3.63) is 35.9 Å². The maximum atomic E-state index is 13.1. The molecule has 2 aliphatic rings. The van der Waals surface area contributed by atoms with Crippen LogP contribution in [0.3, 0.4) is 0 Å². The first kappa shape index (κ1) is 20.6. The van der Waals surface area contributed by atoms with Gasteiger partial charge in [0.2, 0.25) is 15.9 Å². The summed E-state index contributed by atoms with van der Waals surface area (Å²) in [7, 11) is -3.19. The molecule has 0 aliphatic carbocycles. The molecule has 2 heterocycles. The van der Waals surface area contributed by atoms with Crippen molar-refractivity contribution in [2.45, 2.75) is 44.4 Å². The van der Waals surface area contributed by atoms with Gasteiger partial charge in [-0.15, -0.1) is 0 Å². The Balaban J connectivity index is 1.81. The van der Waals surface area contributed by atoms with Gasteiger partial charge in [-0.3, -0.25) is 10.1 Å². The first-order valence-electron chi connectivity index (χ1n) is 9.52. The summed E-state index contributed by atoms with van der Waals surface area (Å²) in [6.45, 7) is 3.15. The molecule has 8 heteroatoms. The van der Waals surface area contributed by atoms with Crippen LogP contribution in [0.15, 0.2) is 30.3 Å². The highest BCUT2D eigenvalue weighted by Crippen LogP contribution is 2.35. The molecule has 3 rings (SSSR count). The Morgan fingerprint density at radius 3 is 2.48 bits per heavy atom. The number of hydrogen-bond donors (Lipinski definition) is 1. The molecular formula is C19H29N3O3S2. The zero-order valence-electron chi connectivity index (χ0n) is 16.1. The van der Waals surface area contributed by atoms with E-state index in [-0.39, 0.29) is 17.7 Å². The van der Waals surface area contributed by atoms with Crippen LogP contribution in [0, 0.1) is 0 Å². The average molecular weight is 412 g/mol. The molecule has 1 unspecified atom stereocenters. The number of carbonyl (C=O) groups excluding carboxylic acids is 1. The van der Waals surface area contributed by atoms with E-state index in [2.05, 4.69) is 5.32 Å². The minimum Gasteiger partial charge on any atom is -0.319 e. The van der Waals surface area contributed by atoms with Crippen molar-refractivity contribution < 1.29 is 13.2 Å². The van der Waals surface area contributed by atoms with E-state index in [9.17, 15) is 13.2 Å². The van der Waals surface area contributed by atoms with Crippen LogP contribution in [0.2, 0.25) is 0 Å². The molecule has 0 saturated carbocycles. The quantitative estimate of drug-likeness (QED) is 0.742. The smallest absolute Gasteiger partial charge is 0.241 e. The van der Waals surface area contributed by atoms with Crippen molar-refractivity contribution in [1.82, 2.24) is 14.5 Å². The Hall–Kier alpha value is -1.09. The summed E-state index contributed by atoms with van der Waals surface area (Å²) in [4.78, 5) is 15.1. The van der Waals surface area contributed by atoms with Crippen molar-refractivity contribution in [2.24, 2.45) is 0 Å². The van der Waals surface area contributed by atoms with E-state index in [1.807, 2.05) is 41.5 Å². The van der Waals surface area contributed by atoms with Crippen molar-refractivity contribution in [1.29, 1.82) is 0 Å². The summed E-state index contributed by atoms with van der Waals surface area (Å²) >= 11 is 1.74. The van der Waals surface area contributed by atoms with E-state index >= 15 is 0 Å². The lowest BCUT2D eigenvalue weighted by Gasteiger charge is -2.44. The van der Waals surface area contributed by atoms with Gasteiger partial charge < -0.3 is 4.90 Å². The fourth-order valence-electron chi connectivity index (χ4n) is 4.02. The Morgan fingerprint density at radius 1 is 1.22 bits per heavy atom. The van der Waals surface area contributed by atoms with Gasteiger partial charge in [0.25, 0.3) is 0 Å². The summed E-state index contributed by atoms with van der Waals surface area (Å²) < 4.78 is 26.0. The summed E-state index contributed by atoms with van der Waals surface area (Å²) in [5, 5.41) is 3.59. The Bertz CT molecular complexity index is 747. The molecule has 2 aliphatic heterocycles. The minimum atomic E-state index is -3.19. The maximum Gasteiger partial charge on any atom is 0.241 e. The molecule has 0 radical (unpaired) electrons. The second-order valence-electron chi connectivity index (χ2n) is 7.22. The fraction of sp³-hybridized carbons (Fsp3) is 0.632. The normalized spacial score (nSPS) is 23.3. The van der Waals surface area contributed by atoms with E-state index < -0.39 is 15.7 Å². The maximum absolute atomic E-state index is 13.1. The zero-order chi connectivity index (χ0) is 19.5. The summed E-state index contributed by atoms with van der Waals surface area (Å²) in [5.41, 5.74) is 0.650. The Kier molecular flexibility index (Phi) is 6.50. The van der Waals surface area contributed by atoms with Crippen LogP contribution in [0.1, 0.15) is 31.7 Å². The topological polar surface area (TPSA) is 69.7 Å². The number of rotatable bonds is 7. The molecule has 2 fully saturated rings.